The van der Waals surface area contributed by atoms with E-state index < -0.39 is 10.0 Å². The summed E-state index contributed by atoms with van der Waals surface area (Å²) in [6, 6.07) is 14.0. The SMILES string of the molecule is CNS(=O)(=O)CC1CCC(C=[N+](C)c2ncnc3c2ccn3C(=O)Cc2c(C)n(C(=O)c3ccc(Cl)cc3)c3ccc(OC)cc23)CC1. The summed E-state index contributed by atoms with van der Waals surface area (Å²) >= 11 is 6.07. The Bertz CT molecular complexity index is 2160. The fourth-order valence-corrected chi connectivity index (χ4v) is 7.98. The summed E-state index contributed by atoms with van der Waals surface area (Å²) in [6.45, 7) is 1.84. The Morgan fingerprint density at radius 3 is 2.48 bits per heavy atom. The molecular weight excluding hydrogens is 652 g/mol. The lowest BCUT2D eigenvalue weighted by Crippen LogP contribution is -2.29. The smallest absolute Gasteiger partial charge is 0.335 e. The Kier molecular flexibility index (Phi) is 9.50. The average molecular weight is 690 g/mol. The first-order chi connectivity index (χ1) is 23.0. The van der Waals surface area contributed by atoms with Gasteiger partial charge in [0, 0.05) is 33.8 Å². The molecule has 3 aromatic heterocycles. The van der Waals surface area contributed by atoms with Crippen LogP contribution in [0.2, 0.25) is 5.02 Å². The lowest BCUT2D eigenvalue weighted by atomic mass is 9.83. The van der Waals surface area contributed by atoms with E-state index in [1.54, 1.807) is 48.2 Å². The second-order valence-corrected chi connectivity index (χ2v) is 14.7. The van der Waals surface area contributed by atoms with E-state index in [9.17, 15) is 18.0 Å². The van der Waals surface area contributed by atoms with E-state index in [0.717, 1.165) is 42.0 Å². The van der Waals surface area contributed by atoms with Gasteiger partial charge in [0.2, 0.25) is 22.3 Å². The highest BCUT2D eigenvalue weighted by molar-refractivity contribution is 7.89. The monoisotopic (exact) mass is 689 g/mol. The Morgan fingerprint density at radius 1 is 1.06 bits per heavy atom. The molecule has 0 saturated heterocycles. The number of sulfonamides is 1. The van der Waals surface area contributed by atoms with Gasteiger partial charge in [-0.3, -0.25) is 18.7 Å². The zero-order valence-corrected chi connectivity index (χ0v) is 28.9. The number of rotatable bonds is 9. The number of carbonyl (C=O) groups excluding carboxylic acids is 2. The minimum atomic E-state index is -3.23. The van der Waals surface area contributed by atoms with Crippen molar-refractivity contribution in [2.24, 2.45) is 11.8 Å². The van der Waals surface area contributed by atoms with E-state index in [1.165, 1.54) is 17.9 Å². The number of aromatic nitrogens is 4. The van der Waals surface area contributed by atoms with Gasteiger partial charge in [0.05, 0.1) is 38.1 Å². The Hall–Kier alpha value is -4.39. The Balaban J connectivity index is 1.28. The van der Waals surface area contributed by atoms with E-state index in [-0.39, 0.29) is 35.8 Å². The zero-order chi connectivity index (χ0) is 34.2. The summed E-state index contributed by atoms with van der Waals surface area (Å²) in [7, 11) is 1.74. The summed E-state index contributed by atoms with van der Waals surface area (Å²) in [5.41, 5.74) is 3.02. The summed E-state index contributed by atoms with van der Waals surface area (Å²) in [6.07, 6.45) is 8.78. The molecule has 0 aliphatic heterocycles. The van der Waals surface area contributed by atoms with Crippen LogP contribution in [0.3, 0.4) is 0 Å². The van der Waals surface area contributed by atoms with Crippen molar-refractivity contribution in [3.05, 3.63) is 82.9 Å². The van der Waals surface area contributed by atoms with E-state index in [1.807, 2.05) is 36.7 Å². The van der Waals surface area contributed by atoms with Crippen molar-refractivity contribution >= 4 is 67.4 Å². The first-order valence-corrected chi connectivity index (χ1v) is 17.8. The van der Waals surface area contributed by atoms with Crippen LogP contribution in [0.5, 0.6) is 5.75 Å². The summed E-state index contributed by atoms with van der Waals surface area (Å²) in [4.78, 5) is 36.7. The van der Waals surface area contributed by atoms with Crippen LogP contribution >= 0.6 is 11.6 Å². The van der Waals surface area contributed by atoms with Gasteiger partial charge in [-0.2, -0.15) is 4.98 Å². The van der Waals surface area contributed by atoms with E-state index in [2.05, 4.69) is 20.9 Å². The largest absolute Gasteiger partial charge is 0.497 e. The maximum Gasteiger partial charge on any atom is 0.335 e. The minimum Gasteiger partial charge on any atom is -0.497 e. The second-order valence-electron chi connectivity index (χ2n) is 12.3. The van der Waals surface area contributed by atoms with Gasteiger partial charge in [0.15, 0.2) is 5.65 Å². The Labute approximate surface area is 284 Å². The van der Waals surface area contributed by atoms with Crippen LogP contribution in [0.4, 0.5) is 5.82 Å². The molecule has 250 valence electrons. The normalized spacial score (nSPS) is 17.2. The Morgan fingerprint density at radius 2 is 1.79 bits per heavy atom. The molecule has 0 unspecified atom stereocenters. The van der Waals surface area contributed by atoms with Crippen molar-refractivity contribution in [2.45, 2.75) is 39.0 Å². The van der Waals surface area contributed by atoms with Crippen LogP contribution in [0.15, 0.2) is 61.1 Å². The van der Waals surface area contributed by atoms with Crippen molar-refractivity contribution in [2.75, 3.05) is 27.0 Å². The fourth-order valence-electron chi connectivity index (χ4n) is 6.74. The first kappa shape index (κ1) is 33.5. The molecule has 2 aromatic carbocycles. The number of methoxy groups -OCH3 is 1. The zero-order valence-electron chi connectivity index (χ0n) is 27.3. The molecule has 1 N–H and O–H groups in total. The number of nitrogens with one attached hydrogen (secondary N) is 1. The van der Waals surface area contributed by atoms with E-state index in [0.29, 0.717) is 39.0 Å². The van der Waals surface area contributed by atoms with Crippen LogP contribution < -0.4 is 9.46 Å². The predicted molar refractivity (Wildman–Crippen MR) is 186 cm³/mol. The third kappa shape index (κ3) is 6.65. The highest BCUT2D eigenvalue weighted by Crippen LogP contribution is 2.33. The van der Waals surface area contributed by atoms with Gasteiger partial charge in [-0.15, -0.1) is 0 Å². The molecule has 6 rings (SSSR count). The number of nitrogens with zero attached hydrogens (tertiary/aromatic N) is 5. The molecule has 0 bridgehead atoms. The molecule has 1 saturated carbocycles. The standard InChI is InChI=1S/C35H38ClN6O5S/c1-22-29(30-17-27(47-4)13-14-31(30)42(22)35(44)25-9-11-26(36)12-10-25)18-32(43)41-16-15-28-33(38-21-39-34(28)41)40(3)19-23-5-7-24(8-6-23)20-48(45,46)37-2/h9-17,19,21,23-24,37H,5-8,18,20H2,1-4H3/q+1. The molecular formula is C35H38ClN6O5S+. The highest BCUT2D eigenvalue weighted by Gasteiger charge is 2.27. The molecule has 11 nitrogen and oxygen atoms in total. The minimum absolute atomic E-state index is 0.0218. The van der Waals surface area contributed by atoms with Crippen LogP contribution in [0.1, 0.15) is 52.1 Å². The van der Waals surface area contributed by atoms with Crippen LogP contribution in [0.25, 0.3) is 21.9 Å². The molecule has 0 radical (unpaired) electrons. The number of carbonyl (C=O) groups is 2. The van der Waals surface area contributed by atoms with Crippen LogP contribution in [-0.2, 0) is 16.4 Å². The van der Waals surface area contributed by atoms with Crippen molar-refractivity contribution in [1.29, 1.82) is 0 Å². The molecule has 0 atom stereocenters. The number of hydrogen-bond donors (Lipinski definition) is 1. The molecule has 1 fully saturated rings. The molecule has 0 amide bonds. The van der Waals surface area contributed by atoms with Gasteiger partial charge in [-0.25, -0.2) is 17.7 Å². The number of hydrogen-bond acceptors (Lipinski definition) is 7. The molecule has 1 aliphatic carbocycles. The van der Waals surface area contributed by atoms with Gasteiger partial charge in [-0.05, 0) is 105 Å². The summed E-state index contributed by atoms with van der Waals surface area (Å²) in [5, 5.41) is 2.02. The highest BCUT2D eigenvalue weighted by atomic mass is 35.5. The molecule has 1 aliphatic rings. The van der Waals surface area contributed by atoms with Crippen LogP contribution in [0, 0.1) is 18.8 Å². The van der Waals surface area contributed by atoms with Gasteiger partial charge in [-0.1, -0.05) is 11.6 Å². The van der Waals surface area contributed by atoms with Crippen molar-refractivity contribution in [1.82, 2.24) is 23.8 Å². The van der Waals surface area contributed by atoms with Gasteiger partial charge in [0.1, 0.15) is 11.1 Å². The number of halogens is 1. The maximum atomic E-state index is 14.0. The number of benzene rings is 2. The lowest BCUT2D eigenvalue weighted by Gasteiger charge is -2.25. The summed E-state index contributed by atoms with van der Waals surface area (Å²) < 4.78 is 37.0. The third-order valence-electron chi connectivity index (χ3n) is 9.32. The number of fused-ring (bicyclic) bond motifs is 2. The molecule has 48 heavy (non-hydrogen) atoms. The fraction of sp³-hybridized carbons (Fsp3) is 0.343. The number of ether oxygens (including phenoxy) is 1. The predicted octanol–water partition coefficient (Wildman–Crippen LogP) is 5.63. The topological polar surface area (TPSA) is 128 Å². The average Bonchev–Trinajstić information content (AvgIpc) is 3.64. The lowest BCUT2D eigenvalue weighted by molar-refractivity contribution is -0.405. The van der Waals surface area contributed by atoms with Crippen molar-refractivity contribution < 1.29 is 27.3 Å². The third-order valence-corrected chi connectivity index (χ3v) is 11.1. The van der Waals surface area contributed by atoms with Gasteiger partial charge >= 0.3 is 5.82 Å². The molecule has 13 heteroatoms. The molecule has 0 spiro atoms. The maximum absolute atomic E-state index is 14.0. The van der Waals surface area contributed by atoms with Gasteiger partial charge in [0.25, 0.3) is 5.91 Å². The first-order valence-electron chi connectivity index (χ1n) is 15.8. The van der Waals surface area contributed by atoms with Crippen LogP contribution in [-0.4, -0.2) is 77.1 Å². The quantitative estimate of drug-likeness (QED) is 0.157. The van der Waals surface area contributed by atoms with Crippen molar-refractivity contribution in [3.8, 4) is 5.75 Å². The second kappa shape index (κ2) is 13.6. The van der Waals surface area contributed by atoms with E-state index in [4.69, 9.17) is 16.3 Å². The summed E-state index contributed by atoms with van der Waals surface area (Å²) in [5.74, 6) is 1.46. The van der Waals surface area contributed by atoms with E-state index >= 15 is 0 Å². The van der Waals surface area contributed by atoms with Crippen molar-refractivity contribution in [3.63, 3.8) is 0 Å². The van der Waals surface area contributed by atoms with Gasteiger partial charge < -0.3 is 4.74 Å². The molecule has 3 heterocycles. The molecule has 5 aromatic rings.